The number of rotatable bonds is 4. The fourth-order valence-electron chi connectivity index (χ4n) is 1.77. The largest absolute Gasteiger partial charge is 0.480 e. The third-order valence-corrected chi connectivity index (χ3v) is 2.52. The maximum absolute atomic E-state index is 10.8. The van der Waals surface area contributed by atoms with E-state index in [1.54, 1.807) is 0 Å². The maximum Gasteiger partial charge on any atom is 0.323 e. The van der Waals surface area contributed by atoms with E-state index in [4.69, 9.17) is 5.11 Å². The van der Waals surface area contributed by atoms with E-state index in [0.29, 0.717) is 13.0 Å². The Morgan fingerprint density at radius 2 is 2.31 bits per heavy atom. The predicted octanol–water partition coefficient (Wildman–Crippen LogP) is 0.306. The van der Waals surface area contributed by atoms with Gasteiger partial charge in [-0.15, -0.1) is 0 Å². The first-order chi connectivity index (χ1) is 6.16. The zero-order valence-corrected chi connectivity index (χ0v) is 7.94. The highest BCUT2D eigenvalue weighted by molar-refractivity contribution is 5.74. The summed E-state index contributed by atoms with van der Waals surface area (Å²) in [6.07, 6.45) is 1.95. The second-order valence-electron chi connectivity index (χ2n) is 3.53. The van der Waals surface area contributed by atoms with Crippen molar-refractivity contribution in [2.24, 2.45) is 0 Å². The van der Waals surface area contributed by atoms with Gasteiger partial charge in [0.1, 0.15) is 6.04 Å². The van der Waals surface area contributed by atoms with Crippen molar-refractivity contribution in [3.63, 3.8) is 0 Å². The summed E-state index contributed by atoms with van der Waals surface area (Å²) in [5.41, 5.74) is 0. The van der Waals surface area contributed by atoms with Crippen molar-refractivity contribution in [1.29, 1.82) is 0 Å². The Morgan fingerprint density at radius 3 is 2.85 bits per heavy atom. The number of hydrogen-bond donors (Lipinski definition) is 2. The van der Waals surface area contributed by atoms with E-state index < -0.39 is 18.1 Å². The molecule has 1 fully saturated rings. The molecule has 1 aliphatic heterocycles. The van der Waals surface area contributed by atoms with Crippen molar-refractivity contribution in [1.82, 2.24) is 4.90 Å². The van der Waals surface area contributed by atoms with Crippen molar-refractivity contribution >= 4 is 5.97 Å². The highest BCUT2D eigenvalue weighted by atomic mass is 16.4. The summed E-state index contributed by atoms with van der Waals surface area (Å²) in [4.78, 5) is 12.6. The smallest absolute Gasteiger partial charge is 0.323 e. The Kier molecular flexibility index (Phi) is 3.69. The summed E-state index contributed by atoms with van der Waals surface area (Å²) in [5.74, 6) is -0.902. The van der Waals surface area contributed by atoms with Crippen molar-refractivity contribution in [3.05, 3.63) is 0 Å². The van der Waals surface area contributed by atoms with Crippen molar-refractivity contribution in [2.75, 3.05) is 13.1 Å². The highest BCUT2D eigenvalue weighted by Crippen LogP contribution is 2.18. The molecule has 0 bridgehead atoms. The summed E-state index contributed by atoms with van der Waals surface area (Å²) in [7, 11) is 0. The van der Waals surface area contributed by atoms with Crippen molar-refractivity contribution < 1.29 is 15.0 Å². The van der Waals surface area contributed by atoms with Crippen LogP contribution >= 0.6 is 0 Å². The first-order valence-electron chi connectivity index (χ1n) is 4.81. The molecule has 2 N–H and O–H groups in total. The number of unbranched alkanes of at least 4 members (excludes halogenated alkanes) is 1. The van der Waals surface area contributed by atoms with Gasteiger partial charge in [0.05, 0.1) is 6.10 Å². The van der Waals surface area contributed by atoms with Crippen molar-refractivity contribution in [2.45, 2.75) is 38.3 Å². The summed E-state index contributed by atoms with van der Waals surface area (Å²) in [5, 5.41) is 18.3. The summed E-state index contributed by atoms with van der Waals surface area (Å²) in [6.45, 7) is 3.56. The van der Waals surface area contributed by atoms with E-state index in [2.05, 4.69) is 6.92 Å². The Labute approximate surface area is 78.2 Å². The van der Waals surface area contributed by atoms with E-state index in [-0.39, 0.29) is 0 Å². The highest BCUT2D eigenvalue weighted by Gasteiger charge is 2.37. The van der Waals surface area contributed by atoms with Gasteiger partial charge >= 0.3 is 5.97 Å². The number of aliphatic carboxylic acids is 1. The molecule has 0 saturated carbocycles. The number of hydrogen-bond acceptors (Lipinski definition) is 3. The van der Waals surface area contributed by atoms with Gasteiger partial charge in [0.15, 0.2) is 0 Å². The lowest BCUT2D eigenvalue weighted by atomic mass is 10.2. The van der Waals surface area contributed by atoms with Crippen LogP contribution in [0.25, 0.3) is 0 Å². The molecule has 0 aliphatic carbocycles. The van der Waals surface area contributed by atoms with E-state index in [0.717, 1.165) is 19.4 Å². The van der Waals surface area contributed by atoms with Gasteiger partial charge < -0.3 is 10.2 Å². The Balaban J connectivity index is 2.49. The first kappa shape index (κ1) is 10.5. The molecule has 0 radical (unpaired) electrons. The Bertz CT molecular complexity index is 184. The molecule has 4 nitrogen and oxygen atoms in total. The summed E-state index contributed by atoms with van der Waals surface area (Å²) < 4.78 is 0. The number of likely N-dealkylation sites (tertiary alicyclic amines) is 1. The minimum absolute atomic E-state index is 0.584. The van der Waals surface area contributed by atoms with Crippen LogP contribution in [-0.2, 0) is 4.79 Å². The topological polar surface area (TPSA) is 60.8 Å². The molecular formula is C9H17NO3. The minimum atomic E-state index is -0.902. The van der Waals surface area contributed by atoms with Crippen LogP contribution in [0.2, 0.25) is 0 Å². The van der Waals surface area contributed by atoms with Crippen LogP contribution in [0, 0.1) is 0 Å². The zero-order valence-electron chi connectivity index (χ0n) is 7.94. The van der Waals surface area contributed by atoms with Gasteiger partial charge in [0.2, 0.25) is 0 Å². The Hall–Kier alpha value is -0.610. The van der Waals surface area contributed by atoms with Gasteiger partial charge in [-0.3, -0.25) is 9.69 Å². The SMILES string of the molecule is CCCCN1CCC(O)C1C(=O)O. The number of carboxylic acids is 1. The minimum Gasteiger partial charge on any atom is -0.480 e. The Morgan fingerprint density at radius 1 is 1.62 bits per heavy atom. The van der Waals surface area contributed by atoms with Gasteiger partial charge in [-0.25, -0.2) is 0 Å². The molecule has 13 heavy (non-hydrogen) atoms. The lowest BCUT2D eigenvalue weighted by molar-refractivity contribution is -0.144. The number of carboxylic acid groups (broad SMARTS) is 1. The lowest BCUT2D eigenvalue weighted by Gasteiger charge is -2.21. The molecule has 0 amide bonds. The van der Waals surface area contributed by atoms with Crippen LogP contribution in [-0.4, -0.2) is 46.3 Å². The van der Waals surface area contributed by atoms with Gasteiger partial charge in [-0.1, -0.05) is 13.3 Å². The third-order valence-electron chi connectivity index (χ3n) is 2.52. The number of nitrogens with zero attached hydrogens (tertiary/aromatic N) is 1. The number of aliphatic hydroxyl groups is 1. The molecule has 1 saturated heterocycles. The molecule has 2 unspecified atom stereocenters. The average Bonchev–Trinajstić information content (AvgIpc) is 2.43. The van der Waals surface area contributed by atoms with Gasteiger partial charge in [0, 0.05) is 6.54 Å². The fraction of sp³-hybridized carbons (Fsp3) is 0.889. The average molecular weight is 187 g/mol. The second-order valence-corrected chi connectivity index (χ2v) is 3.53. The van der Waals surface area contributed by atoms with Gasteiger partial charge in [0.25, 0.3) is 0 Å². The molecule has 0 aromatic heterocycles. The maximum atomic E-state index is 10.8. The monoisotopic (exact) mass is 187 g/mol. The summed E-state index contributed by atoms with van der Waals surface area (Å²) >= 11 is 0. The third kappa shape index (κ3) is 2.42. The number of aliphatic hydroxyl groups excluding tert-OH is 1. The molecule has 0 aromatic carbocycles. The molecule has 1 aliphatic rings. The standard InChI is InChI=1S/C9H17NO3/c1-2-3-5-10-6-4-7(11)8(10)9(12)13/h7-8,11H,2-6H2,1H3,(H,12,13). The molecule has 4 heteroatoms. The molecular weight excluding hydrogens is 170 g/mol. The van der Waals surface area contributed by atoms with Crippen LogP contribution in [0.3, 0.4) is 0 Å². The zero-order chi connectivity index (χ0) is 9.84. The van der Waals surface area contributed by atoms with E-state index in [1.807, 2.05) is 4.90 Å². The normalized spacial score (nSPS) is 29.4. The van der Waals surface area contributed by atoms with E-state index in [1.165, 1.54) is 0 Å². The molecule has 1 heterocycles. The van der Waals surface area contributed by atoms with Gasteiger partial charge in [-0.2, -0.15) is 0 Å². The molecule has 0 spiro atoms. The lowest BCUT2D eigenvalue weighted by Crippen LogP contribution is -2.42. The summed E-state index contributed by atoms with van der Waals surface area (Å²) in [6, 6.07) is -0.674. The van der Waals surface area contributed by atoms with Gasteiger partial charge in [-0.05, 0) is 19.4 Å². The van der Waals surface area contributed by atoms with Crippen LogP contribution in [0.1, 0.15) is 26.2 Å². The molecule has 0 aromatic rings. The number of carbonyl (C=O) groups is 1. The van der Waals surface area contributed by atoms with E-state index >= 15 is 0 Å². The molecule has 76 valence electrons. The fourth-order valence-corrected chi connectivity index (χ4v) is 1.77. The van der Waals surface area contributed by atoms with Crippen LogP contribution in [0.5, 0.6) is 0 Å². The predicted molar refractivity (Wildman–Crippen MR) is 48.5 cm³/mol. The van der Waals surface area contributed by atoms with Crippen LogP contribution < -0.4 is 0 Å². The second kappa shape index (κ2) is 4.58. The van der Waals surface area contributed by atoms with E-state index in [9.17, 15) is 9.90 Å². The van der Waals surface area contributed by atoms with Crippen molar-refractivity contribution in [3.8, 4) is 0 Å². The quantitative estimate of drug-likeness (QED) is 0.665. The molecule has 2 atom stereocenters. The van der Waals surface area contributed by atoms with Crippen LogP contribution in [0.15, 0.2) is 0 Å². The molecule has 1 rings (SSSR count). The first-order valence-corrected chi connectivity index (χ1v) is 4.81. The van der Waals surface area contributed by atoms with Crippen LogP contribution in [0.4, 0.5) is 0 Å².